The van der Waals surface area contributed by atoms with E-state index in [0.717, 1.165) is 11.1 Å². The third kappa shape index (κ3) is 2.14. The summed E-state index contributed by atoms with van der Waals surface area (Å²) in [6.07, 6.45) is 0. The SMILES string of the molecule is Cc1cc(Cl)ccc1-c1nc2ccc(C(=O)O)cc2o1. The Morgan fingerprint density at radius 1 is 1.25 bits per heavy atom. The number of carbonyl (C=O) groups is 1. The van der Waals surface area contributed by atoms with E-state index < -0.39 is 5.97 Å². The molecule has 0 spiro atoms. The number of hydrogen-bond donors (Lipinski definition) is 1. The van der Waals surface area contributed by atoms with Crippen LogP contribution in [0.25, 0.3) is 22.6 Å². The van der Waals surface area contributed by atoms with E-state index in [2.05, 4.69) is 4.98 Å². The highest BCUT2D eigenvalue weighted by Crippen LogP contribution is 2.28. The zero-order chi connectivity index (χ0) is 14.3. The molecule has 1 heterocycles. The van der Waals surface area contributed by atoms with Gasteiger partial charge in [-0.25, -0.2) is 9.78 Å². The van der Waals surface area contributed by atoms with Crippen molar-refractivity contribution in [3.63, 3.8) is 0 Å². The highest BCUT2D eigenvalue weighted by Gasteiger charge is 2.12. The fraction of sp³-hybridized carbons (Fsp3) is 0.0667. The highest BCUT2D eigenvalue weighted by atomic mass is 35.5. The number of aromatic nitrogens is 1. The third-order valence-electron chi connectivity index (χ3n) is 3.05. The topological polar surface area (TPSA) is 63.3 Å². The van der Waals surface area contributed by atoms with Gasteiger partial charge in [-0.3, -0.25) is 0 Å². The van der Waals surface area contributed by atoms with E-state index in [1.807, 2.05) is 19.1 Å². The molecule has 1 aromatic heterocycles. The minimum absolute atomic E-state index is 0.174. The molecular formula is C15H10ClNO3. The molecule has 0 unspecified atom stereocenters. The van der Waals surface area contributed by atoms with Crippen molar-refractivity contribution in [3.8, 4) is 11.5 Å². The van der Waals surface area contributed by atoms with E-state index in [9.17, 15) is 4.79 Å². The van der Waals surface area contributed by atoms with E-state index in [1.165, 1.54) is 12.1 Å². The van der Waals surface area contributed by atoms with Gasteiger partial charge in [0.05, 0.1) is 5.56 Å². The smallest absolute Gasteiger partial charge is 0.335 e. The minimum Gasteiger partial charge on any atom is -0.478 e. The van der Waals surface area contributed by atoms with E-state index in [-0.39, 0.29) is 5.56 Å². The second-order valence-corrected chi connectivity index (χ2v) is 4.90. The quantitative estimate of drug-likeness (QED) is 0.769. The zero-order valence-electron chi connectivity index (χ0n) is 10.6. The summed E-state index contributed by atoms with van der Waals surface area (Å²) in [6, 6.07) is 10.0. The maximum Gasteiger partial charge on any atom is 0.335 e. The van der Waals surface area contributed by atoms with E-state index in [0.29, 0.717) is 22.0 Å². The second-order valence-electron chi connectivity index (χ2n) is 4.47. The Labute approximate surface area is 119 Å². The zero-order valence-corrected chi connectivity index (χ0v) is 11.3. The summed E-state index contributed by atoms with van der Waals surface area (Å²) in [4.78, 5) is 15.3. The van der Waals surface area contributed by atoms with Gasteiger partial charge in [0.25, 0.3) is 0 Å². The predicted octanol–water partition coefficient (Wildman–Crippen LogP) is 4.15. The summed E-state index contributed by atoms with van der Waals surface area (Å²) in [5.41, 5.74) is 3.03. The van der Waals surface area contributed by atoms with E-state index >= 15 is 0 Å². The molecule has 1 N–H and O–H groups in total. The summed E-state index contributed by atoms with van der Waals surface area (Å²) < 4.78 is 5.65. The minimum atomic E-state index is -0.993. The number of fused-ring (bicyclic) bond motifs is 1. The van der Waals surface area contributed by atoms with Crippen LogP contribution in [0.5, 0.6) is 0 Å². The molecule has 0 fully saturated rings. The number of hydrogen-bond acceptors (Lipinski definition) is 3. The summed E-state index contributed by atoms with van der Waals surface area (Å²) in [6.45, 7) is 1.92. The molecule has 5 heteroatoms. The number of rotatable bonds is 2. The molecule has 0 saturated heterocycles. The van der Waals surface area contributed by atoms with Crippen molar-refractivity contribution in [2.45, 2.75) is 6.92 Å². The first-order valence-corrected chi connectivity index (χ1v) is 6.33. The van der Waals surface area contributed by atoms with Gasteiger partial charge in [-0.2, -0.15) is 0 Å². The van der Waals surface area contributed by atoms with Crippen LogP contribution >= 0.6 is 11.6 Å². The molecule has 100 valence electrons. The second kappa shape index (κ2) is 4.65. The molecular weight excluding hydrogens is 278 g/mol. The van der Waals surface area contributed by atoms with Crippen molar-refractivity contribution < 1.29 is 14.3 Å². The molecule has 0 saturated carbocycles. The average molecular weight is 288 g/mol. The molecule has 0 aliphatic heterocycles. The van der Waals surface area contributed by atoms with Crippen LogP contribution in [0.4, 0.5) is 0 Å². The van der Waals surface area contributed by atoms with Gasteiger partial charge in [0.1, 0.15) is 5.52 Å². The molecule has 0 aliphatic carbocycles. The molecule has 0 amide bonds. The maximum absolute atomic E-state index is 10.9. The van der Waals surface area contributed by atoms with Crippen molar-refractivity contribution >= 4 is 28.7 Å². The van der Waals surface area contributed by atoms with Gasteiger partial charge in [-0.15, -0.1) is 0 Å². The molecule has 0 aliphatic rings. The molecule has 0 bridgehead atoms. The first kappa shape index (κ1) is 12.7. The lowest BCUT2D eigenvalue weighted by Gasteiger charge is -2.00. The molecule has 3 aromatic rings. The first-order valence-electron chi connectivity index (χ1n) is 5.95. The Morgan fingerprint density at radius 3 is 2.75 bits per heavy atom. The van der Waals surface area contributed by atoms with Gasteiger partial charge in [-0.1, -0.05) is 11.6 Å². The number of oxazole rings is 1. The third-order valence-corrected chi connectivity index (χ3v) is 3.29. The Kier molecular flexibility index (Phi) is 2.95. The first-order chi connectivity index (χ1) is 9.54. The van der Waals surface area contributed by atoms with Crippen LogP contribution in [0.15, 0.2) is 40.8 Å². The molecule has 20 heavy (non-hydrogen) atoms. The maximum atomic E-state index is 10.9. The Bertz CT molecular complexity index is 823. The van der Waals surface area contributed by atoms with Crippen molar-refractivity contribution in [1.29, 1.82) is 0 Å². The van der Waals surface area contributed by atoms with Crippen LogP contribution < -0.4 is 0 Å². The van der Waals surface area contributed by atoms with Crippen LogP contribution in [0.2, 0.25) is 5.02 Å². The van der Waals surface area contributed by atoms with Crippen LogP contribution in [0.3, 0.4) is 0 Å². The summed E-state index contributed by atoms with van der Waals surface area (Å²) >= 11 is 5.92. The molecule has 0 atom stereocenters. The van der Waals surface area contributed by atoms with Gasteiger partial charge >= 0.3 is 5.97 Å². The molecule has 2 aromatic carbocycles. The van der Waals surface area contributed by atoms with E-state index in [1.54, 1.807) is 12.1 Å². The molecule has 4 nitrogen and oxygen atoms in total. The number of carboxylic acid groups (broad SMARTS) is 1. The van der Waals surface area contributed by atoms with Gasteiger partial charge in [-0.05, 0) is 48.9 Å². The monoisotopic (exact) mass is 287 g/mol. The summed E-state index contributed by atoms with van der Waals surface area (Å²) in [5.74, 6) is -0.538. The highest BCUT2D eigenvalue weighted by molar-refractivity contribution is 6.30. The number of carboxylic acids is 1. The Morgan fingerprint density at radius 2 is 2.05 bits per heavy atom. The van der Waals surface area contributed by atoms with Crippen LogP contribution in [-0.2, 0) is 0 Å². The van der Waals surface area contributed by atoms with E-state index in [4.69, 9.17) is 21.1 Å². The number of aromatic carboxylic acids is 1. The van der Waals surface area contributed by atoms with Crippen LogP contribution in [0, 0.1) is 6.92 Å². The number of halogens is 1. The molecule has 0 radical (unpaired) electrons. The Hall–Kier alpha value is -2.33. The average Bonchev–Trinajstić information content (AvgIpc) is 2.80. The Balaban J connectivity index is 2.15. The van der Waals surface area contributed by atoms with Crippen LogP contribution in [-0.4, -0.2) is 16.1 Å². The summed E-state index contributed by atoms with van der Waals surface area (Å²) in [7, 11) is 0. The van der Waals surface area contributed by atoms with Gasteiger partial charge in [0.15, 0.2) is 5.58 Å². The van der Waals surface area contributed by atoms with Gasteiger partial charge in [0, 0.05) is 10.6 Å². The standard InChI is InChI=1S/C15H10ClNO3/c1-8-6-10(16)3-4-11(8)14-17-12-5-2-9(15(18)19)7-13(12)20-14/h2-7H,1H3,(H,18,19). The number of nitrogens with zero attached hydrogens (tertiary/aromatic N) is 1. The fourth-order valence-corrected chi connectivity index (χ4v) is 2.27. The van der Waals surface area contributed by atoms with Crippen LogP contribution in [0.1, 0.15) is 15.9 Å². The lowest BCUT2D eigenvalue weighted by atomic mass is 10.1. The lowest BCUT2D eigenvalue weighted by molar-refractivity contribution is 0.0697. The normalized spacial score (nSPS) is 10.9. The predicted molar refractivity (Wildman–Crippen MR) is 76.2 cm³/mol. The van der Waals surface area contributed by atoms with Crippen molar-refractivity contribution in [2.24, 2.45) is 0 Å². The van der Waals surface area contributed by atoms with Crippen molar-refractivity contribution in [1.82, 2.24) is 4.98 Å². The van der Waals surface area contributed by atoms with Crippen molar-refractivity contribution in [3.05, 3.63) is 52.5 Å². The van der Waals surface area contributed by atoms with Gasteiger partial charge < -0.3 is 9.52 Å². The number of aryl methyl sites for hydroxylation is 1. The van der Waals surface area contributed by atoms with Crippen molar-refractivity contribution in [2.75, 3.05) is 0 Å². The fourth-order valence-electron chi connectivity index (χ4n) is 2.04. The largest absolute Gasteiger partial charge is 0.478 e. The lowest BCUT2D eigenvalue weighted by Crippen LogP contribution is -1.94. The van der Waals surface area contributed by atoms with Gasteiger partial charge in [0.2, 0.25) is 5.89 Å². The summed E-state index contributed by atoms with van der Waals surface area (Å²) in [5, 5.41) is 9.61. The molecule has 3 rings (SSSR count). The number of benzene rings is 2.